The lowest BCUT2D eigenvalue weighted by atomic mass is 9.94. The second-order valence-electron chi connectivity index (χ2n) is 9.70. The molecule has 5 rings (SSSR count). The predicted octanol–water partition coefficient (Wildman–Crippen LogP) is 10.5. The van der Waals surface area contributed by atoms with Crippen molar-refractivity contribution >= 4 is 22.5 Å². The largest absolute Gasteiger partial charge is 0.378 e. The zero-order valence-corrected chi connectivity index (χ0v) is 26.2. The number of benzene rings is 4. The molecule has 0 heterocycles. The minimum atomic E-state index is 0.789. The average molecular weight is 565 g/mol. The standard InChI is InChI=1S/C33H32N2.C6H6.C2H6/c1-4-34-30-22-18-28(19-23-30)32(26-12-7-5-8-13-26)16-11-17-33(27-14-9-6-10-15-27)29-20-24-31(25-21-29)35(2)3;1-2-4-6-5-3-1;1-2/h5-25H,4H2,1-3H3;1-6H;1-2H3. The van der Waals surface area contributed by atoms with Gasteiger partial charge in [0.15, 0.2) is 0 Å². The van der Waals surface area contributed by atoms with Crippen LogP contribution in [0.25, 0.3) is 11.1 Å². The first-order valence-electron chi connectivity index (χ1n) is 15.1. The lowest BCUT2D eigenvalue weighted by Crippen LogP contribution is -2.08. The van der Waals surface area contributed by atoms with Gasteiger partial charge in [-0.1, -0.05) is 153 Å². The topological polar surface area (TPSA) is 15.6 Å². The first-order chi connectivity index (χ1) is 21.2. The Morgan fingerprint density at radius 1 is 0.605 bits per heavy atom. The molecule has 0 atom stereocenters. The Balaban J connectivity index is 0.000000555. The van der Waals surface area contributed by atoms with Crippen molar-refractivity contribution < 1.29 is 0 Å². The summed E-state index contributed by atoms with van der Waals surface area (Å²) in [6.45, 7) is 6.85. The van der Waals surface area contributed by atoms with Crippen LogP contribution in [0.1, 0.15) is 37.5 Å². The van der Waals surface area contributed by atoms with E-state index in [0.29, 0.717) is 0 Å². The van der Waals surface area contributed by atoms with Crippen molar-refractivity contribution in [3.05, 3.63) is 186 Å². The average Bonchev–Trinajstić information content (AvgIpc) is 3.08. The van der Waals surface area contributed by atoms with Crippen LogP contribution in [0.5, 0.6) is 0 Å². The van der Waals surface area contributed by atoms with E-state index < -0.39 is 0 Å². The van der Waals surface area contributed by atoms with Gasteiger partial charge >= 0.3 is 0 Å². The molecule has 43 heavy (non-hydrogen) atoms. The van der Waals surface area contributed by atoms with Crippen LogP contribution < -0.4 is 4.90 Å². The van der Waals surface area contributed by atoms with E-state index in [-0.39, 0.29) is 0 Å². The summed E-state index contributed by atoms with van der Waals surface area (Å²) in [6, 6.07) is 41.8. The SMILES string of the molecule is CC.CCN=C1C=CC(=C(C=CC=C(c2ccccc2)c2ccc(N(C)C)cc2)c2ccccc2)C=C1.c1ccccc1. The third kappa shape index (κ3) is 10.4. The van der Waals surface area contributed by atoms with Gasteiger partial charge in [0.25, 0.3) is 0 Å². The Morgan fingerprint density at radius 3 is 1.56 bits per heavy atom. The van der Waals surface area contributed by atoms with E-state index in [1.807, 2.05) is 50.2 Å². The molecule has 0 saturated carbocycles. The number of rotatable bonds is 7. The summed E-state index contributed by atoms with van der Waals surface area (Å²) in [5.41, 5.74) is 9.33. The number of nitrogens with zero attached hydrogens (tertiary/aromatic N) is 2. The maximum atomic E-state index is 4.51. The zero-order valence-electron chi connectivity index (χ0n) is 26.2. The van der Waals surface area contributed by atoms with Crippen molar-refractivity contribution in [1.29, 1.82) is 0 Å². The first kappa shape index (κ1) is 32.6. The Hall–Kier alpha value is -4.95. The minimum Gasteiger partial charge on any atom is -0.378 e. The van der Waals surface area contributed by atoms with Gasteiger partial charge in [-0.2, -0.15) is 0 Å². The van der Waals surface area contributed by atoms with E-state index in [9.17, 15) is 0 Å². The molecule has 0 radical (unpaired) electrons. The summed E-state index contributed by atoms with van der Waals surface area (Å²) in [5.74, 6) is 0. The molecule has 0 bridgehead atoms. The van der Waals surface area contributed by atoms with Crippen molar-refractivity contribution in [3.8, 4) is 0 Å². The van der Waals surface area contributed by atoms with Crippen molar-refractivity contribution in [2.45, 2.75) is 20.8 Å². The molecule has 0 aromatic heterocycles. The lowest BCUT2D eigenvalue weighted by Gasteiger charge is -2.14. The zero-order chi connectivity index (χ0) is 30.7. The molecule has 2 heteroatoms. The highest BCUT2D eigenvalue weighted by Crippen LogP contribution is 2.27. The van der Waals surface area contributed by atoms with E-state index >= 15 is 0 Å². The van der Waals surface area contributed by atoms with E-state index in [0.717, 1.165) is 12.3 Å². The summed E-state index contributed by atoms with van der Waals surface area (Å²) in [5, 5.41) is 0. The monoisotopic (exact) mass is 564 g/mol. The molecule has 0 aliphatic heterocycles. The third-order valence-electron chi connectivity index (χ3n) is 6.58. The van der Waals surface area contributed by atoms with Crippen LogP contribution in [0.4, 0.5) is 5.69 Å². The third-order valence-corrected chi connectivity index (χ3v) is 6.58. The summed E-state index contributed by atoms with van der Waals surface area (Å²) in [6.07, 6.45) is 15.1. The van der Waals surface area contributed by atoms with E-state index in [1.54, 1.807) is 0 Å². The highest BCUT2D eigenvalue weighted by atomic mass is 15.1. The van der Waals surface area contributed by atoms with Gasteiger partial charge in [-0.15, -0.1) is 0 Å². The predicted molar refractivity (Wildman–Crippen MR) is 191 cm³/mol. The normalized spacial score (nSPS) is 12.2. The fourth-order valence-corrected chi connectivity index (χ4v) is 4.45. The number of anilines is 1. The molecule has 0 unspecified atom stereocenters. The second-order valence-corrected chi connectivity index (χ2v) is 9.70. The van der Waals surface area contributed by atoms with Crippen LogP contribution in [0.3, 0.4) is 0 Å². The Kier molecular flexibility index (Phi) is 14.0. The van der Waals surface area contributed by atoms with E-state index in [2.05, 4.69) is 158 Å². The van der Waals surface area contributed by atoms with Crippen molar-refractivity contribution in [3.63, 3.8) is 0 Å². The number of allylic oxidation sites excluding steroid dienone is 9. The molecular formula is C41H44N2. The quantitative estimate of drug-likeness (QED) is 0.204. The van der Waals surface area contributed by atoms with Gasteiger partial charge in [-0.3, -0.25) is 4.99 Å². The van der Waals surface area contributed by atoms with Gasteiger partial charge in [0, 0.05) is 26.3 Å². The maximum absolute atomic E-state index is 4.51. The van der Waals surface area contributed by atoms with Gasteiger partial charge in [-0.25, -0.2) is 0 Å². The van der Waals surface area contributed by atoms with Crippen LogP contribution >= 0.6 is 0 Å². The highest BCUT2D eigenvalue weighted by Gasteiger charge is 2.07. The number of hydrogen-bond donors (Lipinski definition) is 0. The molecular weight excluding hydrogens is 520 g/mol. The fourth-order valence-electron chi connectivity index (χ4n) is 4.45. The van der Waals surface area contributed by atoms with E-state index in [1.165, 1.54) is 39.1 Å². The number of aliphatic imine (C=N–C) groups is 1. The van der Waals surface area contributed by atoms with Crippen LogP contribution in [-0.2, 0) is 0 Å². The molecule has 4 aromatic rings. The summed E-state index contributed by atoms with van der Waals surface area (Å²) < 4.78 is 0. The van der Waals surface area contributed by atoms with Gasteiger partial charge in [-0.05, 0) is 64.6 Å². The molecule has 0 N–H and O–H groups in total. The van der Waals surface area contributed by atoms with Gasteiger partial charge in [0.05, 0.1) is 5.71 Å². The molecule has 1 aliphatic carbocycles. The van der Waals surface area contributed by atoms with Gasteiger partial charge in [0.1, 0.15) is 0 Å². The minimum absolute atomic E-state index is 0.789. The Labute approximate surface area is 259 Å². The van der Waals surface area contributed by atoms with Crippen molar-refractivity contribution in [1.82, 2.24) is 0 Å². The fraction of sp³-hybridized carbons (Fsp3) is 0.146. The Morgan fingerprint density at radius 2 is 1.07 bits per heavy atom. The summed E-state index contributed by atoms with van der Waals surface area (Å²) >= 11 is 0. The van der Waals surface area contributed by atoms with Gasteiger partial charge < -0.3 is 4.90 Å². The van der Waals surface area contributed by atoms with Gasteiger partial charge in [0.2, 0.25) is 0 Å². The lowest BCUT2D eigenvalue weighted by molar-refractivity contribution is 1.13. The molecule has 0 amide bonds. The second kappa shape index (κ2) is 18.5. The molecule has 0 fully saturated rings. The molecule has 0 saturated heterocycles. The van der Waals surface area contributed by atoms with E-state index in [4.69, 9.17) is 0 Å². The van der Waals surface area contributed by atoms with Crippen molar-refractivity contribution in [2.24, 2.45) is 4.99 Å². The summed E-state index contributed by atoms with van der Waals surface area (Å²) in [7, 11) is 4.13. The van der Waals surface area contributed by atoms with Crippen LogP contribution in [0.2, 0.25) is 0 Å². The summed E-state index contributed by atoms with van der Waals surface area (Å²) in [4.78, 5) is 6.63. The molecule has 1 aliphatic rings. The van der Waals surface area contributed by atoms with Crippen LogP contribution in [0.15, 0.2) is 174 Å². The van der Waals surface area contributed by atoms with Crippen LogP contribution in [0, 0.1) is 0 Å². The highest BCUT2D eigenvalue weighted by molar-refractivity contribution is 6.07. The Bertz CT molecular complexity index is 1490. The molecule has 4 aromatic carbocycles. The first-order valence-corrected chi connectivity index (χ1v) is 15.1. The molecule has 0 spiro atoms. The van der Waals surface area contributed by atoms with Crippen LogP contribution in [-0.4, -0.2) is 26.4 Å². The molecule has 2 nitrogen and oxygen atoms in total. The maximum Gasteiger partial charge on any atom is 0.0574 e. The van der Waals surface area contributed by atoms with Crippen molar-refractivity contribution in [2.75, 3.05) is 25.5 Å². The number of hydrogen-bond acceptors (Lipinski definition) is 2. The molecule has 218 valence electrons. The smallest absolute Gasteiger partial charge is 0.0574 e.